The van der Waals surface area contributed by atoms with Crippen LogP contribution in [-0.2, 0) is 4.74 Å². The number of rotatable bonds is 10. The van der Waals surface area contributed by atoms with Crippen molar-refractivity contribution < 1.29 is 14.9 Å². The minimum Gasteiger partial charge on any atom is -0.385 e. The molecule has 0 aromatic carbocycles. The Kier molecular flexibility index (Phi) is 8.40. The van der Waals surface area contributed by atoms with E-state index in [1.54, 1.807) is 27.7 Å². The van der Waals surface area contributed by atoms with Crippen molar-refractivity contribution in [3.05, 3.63) is 23.0 Å². The smallest absolute Gasteiger partial charge is 0.0892 e. The topological polar surface area (TPSA) is 49.7 Å². The molecule has 0 unspecified atom stereocenters. The van der Waals surface area contributed by atoms with Crippen LogP contribution in [0.4, 0.5) is 0 Å². The summed E-state index contributed by atoms with van der Waals surface area (Å²) in [5, 5.41) is 19.3. The summed E-state index contributed by atoms with van der Waals surface area (Å²) in [7, 11) is 0. The Bertz CT molecular complexity index is 271. The van der Waals surface area contributed by atoms with Gasteiger partial charge in [0.25, 0.3) is 0 Å². The fourth-order valence-corrected chi connectivity index (χ4v) is 2.50. The van der Waals surface area contributed by atoms with Gasteiger partial charge in [0, 0.05) is 21.3 Å². The molecule has 0 radical (unpaired) electrons. The second-order valence-corrected chi connectivity index (χ2v) is 7.65. The van der Waals surface area contributed by atoms with Crippen LogP contribution in [0.25, 0.3) is 0 Å². The van der Waals surface area contributed by atoms with Gasteiger partial charge in [0.2, 0.25) is 0 Å². The van der Waals surface area contributed by atoms with Crippen molar-refractivity contribution >= 4 is 23.5 Å². The van der Waals surface area contributed by atoms with Gasteiger partial charge in [-0.2, -0.15) is 0 Å². The standard InChI is InChI=1S/C14H26O3S2/c1-11(13(3,4)15)18-9-7-17-8-10-19-12(2)14(5,6)16/h15-16H,1-2,7-10H2,3-6H3. The van der Waals surface area contributed by atoms with Gasteiger partial charge in [0.1, 0.15) is 0 Å². The van der Waals surface area contributed by atoms with E-state index in [1.807, 2.05) is 0 Å². The highest BCUT2D eigenvalue weighted by molar-refractivity contribution is 8.03. The molecule has 0 aromatic heterocycles. The van der Waals surface area contributed by atoms with E-state index in [2.05, 4.69) is 13.2 Å². The van der Waals surface area contributed by atoms with Crippen molar-refractivity contribution in [1.29, 1.82) is 0 Å². The Balaban J connectivity index is 3.53. The number of thioether (sulfide) groups is 2. The van der Waals surface area contributed by atoms with Crippen molar-refractivity contribution in [2.75, 3.05) is 24.7 Å². The lowest BCUT2D eigenvalue weighted by Gasteiger charge is -2.20. The highest BCUT2D eigenvalue weighted by Gasteiger charge is 2.18. The van der Waals surface area contributed by atoms with Gasteiger partial charge in [-0.15, -0.1) is 23.5 Å². The number of hydrogen-bond donors (Lipinski definition) is 2. The van der Waals surface area contributed by atoms with E-state index in [0.29, 0.717) is 13.2 Å². The maximum absolute atomic E-state index is 9.67. The monoisotopic (exact) mass is 306 g/mol. The quantitative estimate of drug-likeness (QED) is 0.608. The zero-order valence-electron chi connectivity index (χ0n) is 12.4. The maximum Gasteiger partial charge on any atom is 0.0892 e. The molecule has 0 heterocycles. The van der Waals surface area contributed by atoms with Crippen molar-refractivity contribution in [1.82, 2.24) is 0 Å². The summed E-state index contributed by atoms with van der Waals surface area (Å²) in [4.78, 5) is 1.50. The van der Waals surface area contributed by atoms with Crippen LogP contribution in [0.5, 0.6) is 0 Å². The molecule has 19 heavy (non-hydrogen) atoms. The minimum atomic E-state index is -0.842. The van der Waals surface area contributed by atoms with Gasteiger partial charge in [-0.1, -0.05) is 13.2 Å². The Morgan fingerprint density at radius 3 is 1.47 bits per heavy atom. The van der Waals surface area contributed by atoms with Gasteiger partial charge in [-0.3, -0.25) is 0 Å². The first-order valence-corrected chi connectivity index (χ1v) is 8.19. The molecule has 3 nitrogen and oxygen atoms in total. The molecule has 0 aliphatic rings. The maximum atomic E-state index is 9.67. The Morgan fingerprint density at radius 2 is 1.21 bits per heavy atom. The van der Waals surface area contributed by atoms with Crippen LogP contribution in [-0.4, -0.2) is 46.1 Å². The summed E-state index contributed by atoms with van der Waals surface area (Å²) < 4.78 is 5.47. The lowest BCUT2D eigenvalue weighted by molar-refractivity contribution is 0.129. The van der Waals surface area contributed by atoms with Gasteiger partial charge in [-0.25, -0.2) is 0 Å². The van der Waals surface area contributed by atoms with E-state index < -0.39 is 11.2 Å². The van der Waals surface area contributed by atoms with E-state index in [-0.39, 0.29) is 0 Å². The van der Waals surface area contributed by atoms with Crippen molar-refractivity contribution in [3.8, 4) is 0 Å². The van der Waals surface area contributed by atoms with Crippen molar-refractivity contribution in [2.45, 2.75) is 38.9 Å². The molecule has 0 rings (SSSR count). The first-order chi connectivity index (χ1) is 8.55. The van der Waals surface area contributed by atoms with Crippen LogP contribution >= 0.6 is 23.5 Å². The molecule has 0 saturated carbocycles. The Morgan fingerprint density at radius 1 is 0.895 bits per heavy atom. The molecule has 0 amide bonds. The molecule has 112 valence electrons. The predicted octanol–water partition coefficient (Wildman–Crippen LogP) is 3.04. The van der Waals surface area contributed by atoms with Crippen LogP contribution in [0, 0.1) is 0 Å². The summed E-state index contributed by atoms with van der Waals surface area (Å²) in [6.07, 6.45) is 0. The number of aliphatic hydroxyl groups is 2. The average Bonchev–Trinajstić information content (AvgIpc) is 2.24. The summed E-state index contributed by atoms with van der Waals surface area (Å²) >= 11 is 3.04. The molecule has 0 bridgehead atoms. The van der Waals surface area contributed by atoms with Gasteiger partial charge in [0.15, 0.2) is 0 Å². The zero-order valence-corrected chi connectivity index (χ0v) is 14.0. The third-order valence-corrected chi connectivity index (χ3v) is 4.81. The van der Waals surface area contributed by atoms with E-state index in [4.69, 9.17) is 4.74 Å². The molecule has 2 N–H and O–H groups in total. The Hall–Kier alpha value is 0.0600. The lowest BCUT2D eigenvalue weighted by Crippen LogP contribution is -2.20. The van der Waals surface area contributed by atoms with Crippen LogP contribution in [0.2, 0.25) is 0 Å². The van der Waals surface area contributed by atoms with Gasteiger partial charge >= 0.3 is 0 Å². The number of ether oxygens (including phenoxy) is 1. The molecule has 5 heteroatoms. The van der Waals surface area contributed by atoms with Crippen molar-refractivity contribution in [2.24, 2.45) is 0 Å². The van der Waals surface area contributed by atoms with Gasteiger partial charge < -0.3 is 14.9 Å². The fourth-order valence-electron chi connectivity index (χ4n) is 0.903. The van der Waals surface area contributed by atoms with Gasteiger partial charge in [0.05, 0.1) is 24.4 Å². The summed E-state index contributed by atoms with van der Waals surface area (Å²) in [5.41, 5.74) is -1.68. The molecular formula is C14H26O3S2. The van der Waals surface area contributed by atoms with E-state index >= 15 is 0 Å². The van der Waals surface area contributed by atoms with Crippen LogP contribution in [0.3, 0.4) is 0 Å². The SMILES string of the molecule is C=C(SCCOCCSC(=C)C(C)(C)O)C(C)(C)O. The second kappa shape index (κ2) is 8.37. The predicted molar refractivity (Wildman–Crippen MR) is 86.6 cm³/mol. The van der Waals surface area contributed by atoms with Gasteiger partial charge in [-0.05, 0) is 27.7 Å². The fraction of sp³-hybridized carbons (Fsp3) is 0.714. The molecule has 0 saturated heterocycles. The van der Waals surface area contributed by atoms with E-state index in [0.717, 1.165) is 21.3 Å². The Labute approximate surface area is 125 Å². The molecule has 0 spiro atoms. The van der Waals surface area contributed by atoms with Crippen LogP contribution < -0.4 is 0 Å². The number of hydrogen-bond acceptors (Lipinski definition) is 5. The highest BCUT2D eigenvalue weighted by atomic mass is 32.2. The summed E-state index contributed by atoms with van der Waals surface area (Å²) in [5.74, 6) is 1.56. The summed E-state index contributed by atoms with van der Waals surface area (Å²) in [6.45, 7) is 15.8. The first kappa shape index (κ1) is 19.1. The van der Waals surface area contributed by atoms with Crippen LogP contribution in [0.1, 0.15) is 27.7 Å². The van der Waals surface area contributed by atoms with Crippen LogP contribution in [0.15, 0.2) is 23.0 Å². The first-order valence-electron chi connectivity index (χ1n) is 6.22. The highest BCUT2D eigenvalue weighted by Crippen LogP contribution is 2.26. The van der Waals surface area contributed by atoms with Crippen molar-refractivity contribution in [3.63, 3.8) is 0 Å². The summed E-state index contributed by atoms with van der Waals surface area (Å²) in [6, 6.07) is 0. The zero-order chi connectivity index (χ0) is 15.1. The normalized spacial score (nSPS) is 12.5. The molecule has 0 aliphatic heterocycles. The minimum absolute atomic E-state index is 0.620. The molecular weight excluding hydrogens is 280 g/mol. The molecule has 0 atom stereocenters. The third-order valence-electron chi connectivity index (χ3n) is 2.37. The second-order valence-electron chi connectivity index (χ2n) is 5.27. The largest absolute Gasteiger partial charge is 0.385 e. The average molecular weight is 306 g/mol. The van der Waals surface area contributed by atoms with E-state index in [1.165, 1.54) is 23.5 Å². The molecule has 0 aromatic rings. The molecule has 0 aliphatic carbocycles. The lowest BCUT2D eigenvalue weighted by atomic mass is 10.1. The molecule has 0 fully saturated rings. The van der Waals surface area contributed by atoms with E-state index in [9.17, 15) is 10.2 Å². The third kappa shape index (κ3) is 9.57.